The molecule has 40 heavy (non-hydrogen) atoms. The van der Waals surface area contributed by atoms with Crippen LogP contribution in [0, 0.1) is 6.92 Å². The zero-order chi connectivity index (χ0) is 29.2. The second-order valence-corrected chi connectivity index (χ2v) is 9.83. The number of nitrogens with zero attached hydrogens (tertiary/aromatic N) is 5. The van der Waals surface area contributed by atoms with Crippen LogP contribution in [-0.4, -0.2) is 78.0 Å². The maximum atomic E-state index is 12.5. The number of likely N-dealkylation sites (tertiary alicyclic amines) is 1. The number of anilines is 2. The minimum atomic E-state index is -1.08. The Morgan fingerprint density at radius 3 is 2.38 bits per heavy atom. The van der Waals surface area contributed by atoms with Crippen molar-refractivity contribution < 1.29 is 29.3 Å². The maximum Gasteiger partial charge on any atom is 0.303 e. The van der Waals surface area contributed by atoms with Crippen molar-refractivity contribution in [1.82, 2.24) is 24.6 Å². The summed E-state index contributed by atoms with van der Waals surface area (Å²) in [6, 6.07) is 8.16. The Bertz CT molecular complexity index is 1300. The summed E-state index contributed by atoms with van der Waals surface area (Å²) < 4.78 is 7.45. The van der Waals surface area contributed by atoms with Gasteiger partial charge in [-0.1, -0.05) is 12.1 Å². The number of carbonyl (C=O) groups excluding carboxylic acids is 1. The zero-order valence-corrected chi connectivity index (χ0v) is 23.2. The van der Waals surface area contributed by atoms with Crippen molar-refractivity contribution in [1.29, 1.82) is 0 Å². The monoisotopic (exact) mass is 552 g/mol. The van der Waals surface area contributed by atoms with Gasteiger partial charge in [-0.25, -0.2) is 9.97 Å². The average Bonchev–Trinajstić information content (AvgIpc) is 3.28. The standard InChI is InChI=1S/C24H30N6O2.C4H6O4/c1-16(2)32-21-14-30(15-21)23(31)8-7-18-5-6-19(11-17(18)3)22-9-10-25-24(28-22)27-20-12-26-29(4)13-20;5-3(6)1-2-4(7)8/h5-6,9-13,16,21H,7-8,14-15H2,1-4H3,(H,25,27,28);1-2H2,(H,5,6)(H,7,8). The van der Waals surface area contributed by atoms with Crippen molar-refractivity contribution in [3.8, 4) is 11.3 Å². The van der Waals surface area contributed by atoms with Crippen molar-refractivity contribution in [3.63, 3.8) is 0 Å². The topological polar surface area (TPSA) is 160 Å². The molecule has 0 atom stereocenters. The molecule has 0 saturated carbocycles. The molecule has 4 rings (SSSR count). The number of carbonyl (C=O) groups is 3. The van der Waals surface area contributed by atoms with Gasteiger partial charge in [-0.2, -0.15) is 5.10 Å². The van der Waals surface area contributed by atoms with E-state index in [0.29, 0.717) is 25.5 Å². The number of ether oxygens (including phenoxy) is 1. The van der Waals surface area contributed by atoms with Crippen LogP contribution < -0.4 is 5.32 Å². The molecule has 0 spiro atoms. The highest BCUT2D eigenvalue weighted by molar-refractivity contribution is 5.77. The van der Waals surface area contributed by atoms with Crippen LogP contribution in [-0.2, 0) is 32.6 Å². The zero-order valence-electron chi connectivity index (χ0n) is 23.2. The molecule has 1 saturated heterocycles. The fourth-order valence-electron chi connectivity index (χ4n) is 4.06. The number of hydrogen-bond donors (Lipinski definition) is 3. The number of aryl methyl sites for hydroxylation is 3. The van der Waals surface area contributed by atoms with Crippen molar-refractivity contribution in [2.75, 3.05) is 18.4 Å². The lowest BCUT2D eigenvalue weighted by Crippen LogP contribution is -2.55. The molecule has 0 aliphatic carbocycles. The van der Waals surface area contributed by atoms with E-state index in [1.165, 1.54) is 5.56 Å². The Morgan fingerprint density at radius 2 is 1.80 bits per heavy atom. The van der Waals surface area contributed by atoms with E-state index in [1.807, 2.05) is 38.1 Å². The molecule has 12 nitrogen and oxygen atoms in total. The predicted octanol–water partition coefficient (Wildman–Crippen LogP) is 3.43. The molecule has 12 heteroatoms. The third kappa shape index (κ3) is 9.45. The van der Waals surface area contributed by atoms with Gasteiger partial charge in [0.25, 0.3) is 0 Å². The first-order chi connectivity index (χ1) is 19.0. The minimum absolute atomic E-state index is 0.186. The lowest BCUT2D eigenvalue weighted by molar-refractivity contribution is -0.148. The van der Waals surface area contributed by atoms with Crippen LogP contribution in [0.2, 0.25) is 0 Å². The SMILES string of the molecule is Cc1cc(-c2ccnc(Nc3cnn(C)c3)n2)ccc1CCC(=O)N1CC(OC(C)C)C1.O=C(O)CCC(=O)O. The molecular weight excluding hydrogens is 516 g/mol. The summed E-state index contributed by atoms with van der Waals surface area (Å²) in [4.78, 5) is 42.6. The van der Waals surface area contributed by atoms with E-state index < -0.39 is 11.9 Å². The van der Waals surface area contributed by atoms with Crippen molar-refractivity contribution >= 4 is 29.5 Å². The molecule has 0 bridgehead atoms. The van der Waals surface area contributed by atoms with E-state index in [1.54, 1.807) is 17.1 Å². The normalized spacial score (nSPS) is 12.9. The smallest absolute Gasteiger partial charge is 0.303 e. The van der Waals surface area contributed by atoms with Gasteiger partial charge in [0.2, 0.25) is 11.9 Å². The average molecular weight is 553 g/mol. The van der Waals surface area contributed by atoms with Crippen molar-refractivity contribution in [3.05, 3.63) is 54.0 Å². The summed E-state index contributed by atoms with van der Waals surface area (Å²) in [6.07, 6.45) is 6.38. The second kappa shape index (κ2) is 14.2. The third-order valence-corrected chi connectivity index (χ3v) is 6.08. The van der Waals surface area contributed by atoms with Crippen LogP contribution in [0.3, 0.4) is 0 Å². The fourth-order valence-corrected chi connectivity index (χ4v) is 4.06. The van der Waals surface area contributed by atoms with Crippen LogP contribution in [0.4, 0.5) is 11.6 Å². The van der Waals surface area contributed by atoms with Crippen LogP contribution in [0.5, 0.6) is 0 Å². The van der Waals surface area contributed by atoms with E-state index >= 15 is 0 Å². The number of hydrogen-bond acceptors (Lipinski definition) is 8. The molecule has 3 aromatic rings. The van der Waals surface area contributed by atoms with Crippen LogP contribution in [0.15, 0.2) is 42.9 Å². The molecule has 1 amide bonds. The molecule has 1 aliphatic heterocycles. The van der Waals surface area contributed by atoms with E-state index in [2.05, 4.69) is 45.5 Å². The molecule has 1 fully saturated rings. The number of carboxylic acid groups (broad SMARTS) is 2. The predicted molar refractivity (Wildman–Crippen MR) is 148 cm³/mol. The molecule has 0 unspecified atom stereocenters. The number of carboxylic acids is 2. The first-order valence-corrected chi connectivity index (χ1v) is 13.1. The molecule has 2 aromatic heterocycles. The van der Waals surface area contributed by atoms with Gasteiger partial charge in [0.05, 0.1) is 42.6 Å². The summed E-state index contributed by atoms with van der Waals surface area (Å²) in [5.74, 6) is -1.43. The second-order valence-electron chi connectivity index (χ2n) is 9.83. The maximum absolute atomic E-state index is 12.5. The highest BCUT2D eigenvalue weighted by atomic mass is 16.5. The van der Waals surface area contributed by atoms with E-state index in [9.17, 15) is 14.4 Å². The van der Waals surface area contributed by atoms with E-state index in [4.69, 9.17) is 14.9 Å². The molecule has 214 valence electrons. The quantitative estimate of drug-likeness (QED) is 0.321. The van der Waals surface area contributed by atoms with Crippen molar-refractivity contribution in [2.24, 2.45) is 7.05 Å². The summed E-state index contributed by atoms with van der Waals surface area (Å²) in [5.41, 5.74) is 5.03. The number of nitrogens with one attached hydrogen (secondary N) is 1. The number of rotatable bonds is 11. The molecule has 0 radical (unpaired) electrons. The Kier molecular flexibility index (Phi) is 10.7. The first kappa shape index (κ1) is 30.2. The number of aromatic nitrogens is 4. The van der Waals surface area contributed by atoms with E-state index in [0.717, 1.165) is 28.9 Å². The molecular formula is C28H36N6O6. The molecule has 1 aliphatic rings. The lowest BCUT2D eigenvalue weighted by Gasteiger charge is -2.40. The molecule has 3 N–H and O–H groups in total. The summed E-state index contributed by atoms with van der Waals surface area (Å²) in [6.45, 7) is 7.54. The highest BCUT2D eigenvalue weighted by Crippen LogP contribution is 2.24. The van der Waals surface area contributed by atoms with Gasteiger partial charge >= 0.3 is 11.9 Å². The van der Waals surface area contributed by atoms with Crippen LogP contribution in [0.1, 0.15) is 44.2 Å². The van der Waals surface area contributed by atoms with Gasteiger partial charge in [0.1, 0.15) is 0 Å². The van der Waals surface area contributed by atoms with Gasteiger partial charge in [0, 0.05) is 44.5 Å². The Hall–Kier alpha value is -4.32. The van der Waals surface area contributed by atoms with Crippen LogP contribution in [0.25, 0.3) is 11.3 Å². The molecule has 1 aromatic carbocycles. The number of aliphatic carboxylic acids is 2. The largest absolute Gasteiger partial charge is 0.481 e. The number of amides is 1. The first-order valence-electron chi connectivity index (χ1n) is 13.1. The fraction of sp³-hybridized carbons (Fsp3) is 0.429. The summed E-state index contributed by atoms with van der Waals surface area (Å²) >= 11 is 0. The number of benzene rings is 1. The third-order valence-electron chi connectivity index (χ3n) is 6.08. The lowest BCUT2D eigenvalue weighted by atomic mass is 9.99. The Morgan fingerprint density at radius 1 is 1.10 bits per heavy atom. The van der Waals surface area contributed by atoms with Gasteiger partial charge in [0.15, 0.2) is 0 Å². The minimum Gasteiger partial charge on any atom is -0.481 e. The van der Waals surface area contributed by atoms with Crippen molar-refractivity contribution in [2.45, 2.75) is 58.7 Å². The Balaban J connectivity index is 0.000000482. The summed E-state index contributed by atoms with van der Waals surface area (Å²) in [5, 5.41) is 23.1. The van der Waals surface area contributed by atoms with Gasteiger partial charge < -0.3 is 25.2 Å². The Labute approximate surface area is 233 Å². The molecule has 3 heterocycles. The van der Waals surface area contributed by atoms with Crippen LogP contribution >= 0.6 is 0 Å². The van der Waals surface area contributed by atoms with Gasteiger partial charge in [-0.3, -0.25) is 19.1 Å². The van der Waals surface area contributed by atoms with E-state index in [-0.39, 0.29) is 31.0 Å². The summed E-state index contributed by atoms with van der Waals surface area (Å²) in [7, 11) is 1.86. The van der Waals surface area contributed by atoms with Gasteiger partial charge in [-0.05, 0) is 50.5 Å². The highest BCUT2D eigenvalue weighted by Gasteiger charge is 2.31. The van der Waals surface area contributed by atoms with Gasteiger partial charge in [-0.15, -0.1) is 0 Å².